The van der Waals surface area contributed by atoms with Crippen LogP contribution < -0.4 is 5.32 Å². The van der Waals surface area contributed by atoms with Gasteiger partial charge in [0.05, 0.1) is 5.56 Å². The molecule has 134 valence electrons. The summed E-state index contributed by atoms with van der Waals surface area (Å²) in [6.45, 7) is 3.27. The van der Waals surface area contributed by atoms with Crippen LogP contribution in [-0.2, 0) is 17.5 Å². The molecule has 0 radical (unpaired) electrons. The number of carbonyl (C=O) groups is 1. The topological polar surface area (TPSA) is 32.3 Å². The van der Waals surface area contributed by atoms with Crippen LogP contribution in [0.4, 0.5) is 17.6 Å². The number of carbonyl (C=O) groups excluding carboxylic acids is 1. The number of nitrogens with one attached hydrogen (secondary N) is 1. The summed E-state index contributed by atoms with van der Waals surface area (Å²) in [6.07, 6.45) is -0.817. The summed E-state index contributed by atoms with van der Waals surface area (Å²) in [4.78, 5) is 13.1. The third-order valence-corrected chi connectivity index (χ3v) is 4.33. The van der Waals surface area contributed by atoms with E-state index < -0.39 is 17.6 Å². The molecule has 0 spiro atoms. The summed E-state index contributed by atoms with van der Waals surface area (Å²) in [6, 6.07) is 3.37. The first kappa shape index (κ1) is 18.7. The van der Waals surface area contributed by atoms with Gasteiger partial charge in [-0.3, -0.25) is 9.69 Å². The molecule has 1 aromatic rings. The van der Waals surface area contributed by atoms with Crippen molar-refractivity contribution in [1.82, 2.24) is 10.2 Å². The molecule has 0 saturated carbocycles. The lowest BCUT2D eigenvalue weighted by Gasteiger charge is -2.36. The fraction of sp³-hybridized carbons (Fsp3) is 0.588. The number of piperidine rings is 1. The Labute approximate surface area is 139 Å². The largest absolute Gasteiger partial charge is 0.419 e. The lowest BCUT2D eigenvalue weighted by Crippen LogP contribution is -2.41. The van der Waals surface area contributed by atoms with Crippen molar-refractivity contribution in [2.45, 2.75) is 51.4 Å². The zero-order valence-corrected chi connectivity index (χ0v) is 13.6. The molecule has 7 heteroatoms. The molecule has 3 nitrogen and oxygen atoms in total. The Morgan fingerprint density at radius 2 is 2.08 bits per heavy atom. The van der Waals surface area contributed by atoms with Gasteiger partial charge in [0, 0.05) is 26.1 Å². The molecule has 2 rings (SSSR count). The van der Waals surface area contributed by atoms with Crippen LogP contribution in [0, 0.1) is 5.82 Å². The van der Waals surface area contributed by atoms with Gasteiger partial charge in [0.2, 0.25) is 5.91 Å². The number of likely N-dealkylation sites (tertiary alicyclic amines) is 1. The minimum atomic E-state index is -4.67. The number of benzene rings is 1. The van der Waals surface area contributed by atoms with Crippen molar-refractivity contribution in [2.24, 2.45) is 0 Å². The van der Waals surface area contributed by atoms with Crippen molar-refractivity contribution in [1.29, 1.82) is 0 Å². The minimum absolute atomic E-state index is 0.0813. The first-order valence-corrected chi connectivity index (χ1v) is 8.11. The highest BCUT2D eigenvalue weighted by Gasteiger charge is 2.34. The van der Waals surface area contributed by atoms with Gasteiger partial charge < -0.3 is 5.32 Å². The monoisotopic (exact) mass is 346 g/mol. The maximum Gasteiger partial charge on any atom is 0.419 e. The first-order valence-electron chi connectivity index (χ1n) is 8.11. The number of rotatable bonds is 5. The number of alkyl halides is 3. The molecular weight excluding hydrogens is 324 g/mol. The van der Waals surface area contributed by atoms with E-state index in [-0.39, 0.29) is 11.9 Å². The molecule has 24 heavy (non-hydrogen) atoms. The Morgan fingerprint density at radius 3 is 2.71 bits per heavy atom. The van der Waals surface area contributed by atoms with Gasteiger partial charge in [0.15, 0.2) is 0 Å². The quantitative estimate of drug-likeness (QED) is 0.824. The molecule has 1 fully saturated rings. The van der Waals surface area contributed by atoms with Crippen LogP contribution in [0.15, 0.2) is 18.2 Å². The minimum Gasteiger partial charge on any atom is -0.356 e. The second-order valence-electron chi connectivity index (χ2n) is 6.20. The highest BCUT2D eigenvalue weighted by molar-refractivity contribution is 5.72. The maximum atomic E-state index is 13.7. The molecule has 1 saturated heterocycles. The summed E-state index contributed by atoms with van der Waals surface area (Å²) in [7, 11) is 0. The predicted molar refractivity (Wildman–Crippen MR) is 82.8 cm³/mol. The molecule has 0 aliphatic carbocycles. The van der Waals surface area contributed by atoms with Crippen molar-refractivity contribution in [3.63, 3.8) is 0 Å². The lowest BCUT2D eigenvalue weighted by molar-refractivity contribution is -0.140. The third-order valence-electron chi connectivity index (χ3n) is 4.33. The Kier molecular flexibility index (Phi) is 6.21. The highest BCUT2D eigenvalue weighted by Crippen LogP contribution is 2.32. The van der Waals surface area contributed by atoms with E-state index in [9.17, 15) is 22.4 Å². The SMILES string of the molecule is CC(=O)NCC[C@@H]1CCCCN1Cc1ccc(C(F)(F)F)c(F)c1. The fourth-order valence-electron chi connectivity index (χ4n) is 3.13. The Balaban J connectivity index is 2.01. The summed E-state index contributed by atoms with van der Waals surface area (Å²) >= 11 is 0. The molecule has 1 aliphatic rings. The summed E-state index contributed by atoms with van der Waals surface area (Å²) in [5, 5.41) is 2.76. The fourth-order valence-corrected chi connectivity index (χ4v) is 3.13. The molecule has 1 N–H and O–H groups in total. The van der Waals surface area contributed by atoms with Crippen molar-refractivity contribution in [3.8, 4) is 0 Å². The summed E-state index contributed by atoms with van der Waals surface area (Å²) < 4.78 is 51.6. The van der Waals surface area contributed by atoms with Gasteiger partial charge in [0.25, 0.3) is 0 Å². The van der Waals surface area contributed by atoms with Crippen LogP contribution >= 0.6 is 0 Å². The molecule has 1 amide bonds. The van der Waals surface area contributed by atoms with Gasteiger partial charge in [0.1, 0.15) is 5.82 Å². The van der Waals surface area contributed by atoms with E-state index in [1.54, 1.807) is 0 Å². The van der Waals surface area contributed by atoms with Crippen molar-refractivity contribution in [2.75, 3.05) is 13.1 Å². The normalized spacial score (nSPS) is 19.3. The standard InChI is InChI=1S/C17H22F4N2O/c1-12(24)22-8-7-14-4-2-3-9-23(14)11-13-5-6-15(16(18)10-13)17(19,20)21/h5-6,10,14H,2-4,7-9,11H2,1H3,(H,22,24)/t14-/m0/s1. The van der Waals surface area contributed by atoms with Gasteiger partial charge in [-0.1, -0.05) is 12.5 Å². The van der Waals surface area contributed by atoms with Crippen LogP contribution in [0.25, 0.3) is 0 Å². The van der Waals surface area contributed by atoms with E-state index >= 15 is 0 Å². The molecular formula is C17H22F4N2O. The van der Waals surface area contributed by atoms with Gasteiger partial charge in [-0.05, 0) is 43.5 Å². The zero-order valence-electron chi connectivity index (χ0n) is 13.6. The Bertz CT molecular complexity index is 574. The summed E-state index contributed by atoms with van der Waals surface area (Å²) in [5.74, 6) is -1.31. The van der Waals surface area contributed by atoms with Crippen molar-refractivity contribution >= 4 is 5.91 Å². The van der Waals surface area contributed by atoms with Gasteiger partial charge >= 0.3 is 6.18 Å². The number of nitrogens with zero attached hydrogens (tertiary/aromatic N) is 1. The third kappa shape index (κ3) is 5.19. The Hall–Kier alpha value is -1.63. The molecule has 1 atom stereocenters. The van der Waals surface area contributed by atoms with E-state index in [4.69, 9.17) is 0 Å². The average Bonchev–Trinajstić information content (AvgIpc) is 2.47. The van der Waals surface area contributed by atoms with Gasteiger partial charge in [-0.2, -0.15) is 13.2 Å². The predicted octanol–water partition coefficient (Wildman–Crippen LogP) is 3.73. The van der Waals surface area contributed by atoms with E-state index in [1.807, 2.05) is 0 Å². The van der Waals surface area contributed by atoms with E-state index in [1.165, 1.54) is 13.0 Å². The van der Waals surface area contributed by atoms with Crippen LogP contribution in [0.5, 0.6) is 0 Å². The van der Waals surface area contributed by atoms with Crippen LogP contribution in [0.3, 0.4) is 0 Å². The molecule has 1 aromatic carbocycles. The van der Waals surface area contributed by atoms with Crippen LogP contribution in [0.2, 0.25) is 0 Å². The molecule has 1 heterocycles. The number of amides is 1. The highest BCUT2D eigenvalue weighted by atomic mass is 19.4. The molecule has 0 unspecified atom stereocenters. The number of halogens is 4. The Morgan fingerprint density at radius 1 is 1.33 bits per heavy atom. The maximum absolute atomic E-state index is 13.7. The van der Waals surface area contributed by atoms with E-state index in [0.29, 0.717) is 18.7 Å². The lowest BCUT2D eigenvalue weighted by atomic mass is 9.98. The number of hydrogen-bond acceptors (Lipinski definition) is 2. The van der Waals surface area contributed by atoms with Crippen molar-refractivity contribution < 1.29 is 22.4 Å². The van der Waals surface area contributed by atoms with Crippen LogP contribution in [0.1, 0.15) is 43.7 Å². The first-order chi connectivity index (χ1) is 11.3. The average molecular weight is 346 g/mol. The molecule has 1 aliphatic heterocycles. The van der Waals surface area contributed by atoms with Crippen molar-refractivity contribution in [3.05, 3.63) is 35.1 Å². The van der Waals surface area contributed by atoms with E-state index in [0.717, 1.165) is 44.4 Å². The smallest absolute Gasteiger partial charge is 0.356 e. The van der Waals surface area contributed by atoms with Gasteiger partial charge in [-0.25, -0.2) is 4.39 Å². The molecule has 0 aromatic heterocycles. The van der Waals surface area contributed by atoms with E-state index in [2.05, 4.69) is 10.2 Å². The van der Waals surface area contributed by atoms with Gasteiger partial charge in [-0.15, -0.1) is 0 Å². The van der Waals surface area contributed by atoms with Crippen LogP contribution in [-0.4, -0.2) is 29.9 Å². The molecule has 0 bridgehead atoms. The zero-order chi connectivity index (χ0) is 17.7. The second-order valence-corrected chi connectivity index (χ2v) is 6.20. The second kappa shape index (κ2) is 7.96. The summed E-state index contributed by atoms with van der Waals surface area (Å²) in [5.41, 5.74) is -0.695. The number of hydrogen-bond donors (Lipinski definition) is 1.